The van der Waals surface area contributed by atoms with Crippen LogP contribution in [0.5, 0.6) is 0 Å². The van der Waals surface area contributed by atoms with Gasteiger partial charge in [-0.1, -0.05) is 58.8 Å². The number of ether oxygens (including phenoxy) is 3. The van der Waals surface area contributed by atoms with Crippen LogP contribution in [-0.4, -0.2) is 88.2 Å². The summed E-state index contributed by atoms with van der Waals surface area (Å²) in [5, 5.41) is 28.0. The number of esters is 1. The number of alkyl carbamates (subject to hydrolysis) is 1. The van der Waals surface area contributed by atoms with Gasteiger partial charge in [0, 0.05) is 64.9 Å². The van der Waals surface area contributed by atoms with E-state index in [1.165, 1.54) is 10.6 Å². The molecule has 2 aromatic heterocycles. The van der Waals surface area contributed by atoms with Crippen LogP contribution in [0.3, 0.4) is 0 Å². The number of nitrogens with two attached hydrogens (primary N) is 1. The highest BCUT2D eigenvalue weighted by Crippen LogP contribution is 2.46. The van der Waals surface area contributed by atoms with Crippen molar-refractivity contribution in [2.75, 3.05) is 31.6 Å². The van der Waals surface area contributed by atoms with Crippen LogP contribution in [0, 0.1) is 24.6 Å². The third kappa shape index (κ3) is 12.3. The van der Waals surface area contributed by atoms with Gasteiger partial charge in [0.15, 0.2) is 5.60 Å². The highest BCUT2D eigenvalue weighted by molar-refractivity contribution is 5.94. The number of benzene rings is 2. The number of hydrogen-bond acceptors (Lipinski definition) is 14. The average Bonchev–Trinajstić information content (AvgIpc) is 3.76. The number of aldehydes is 1. The second-order valence-corrected chi connectivity index (χ2v) is 21.4. The van der Waals surface area contributed by atoms with E-state index in [9.17, 15) is 33.9 Å². The van der Waals surface area contributed by atoms with Crippen molar-refractivity contribution in [2.45, 2.75) is 155 Å². The number of unbranched alkanes of at least 4 members (excludes halogenated alkanes) is 1. The van der Waals surface area contributed by atoms with Crippen molar-refractivity contribution in [2.24, 2.45) is 22.7 Å². The van der Waals surface area contributed by atoms with E-state index in [4.69, 9.17) is 30.5 Å². The molecule has 4 heterocycles. The largest absolute Gasteiger partial charge is 0.458 e. The fourth-order valence-electron chi connectivity index (χ4n) is 10.3. The van der Waals surface area contributed by atoms with Crippen LogP contribution in [0.1, 0.15) is 138 Å². The van der Waals surface area contributed by atoms with E-state index in [1.807, 2.05) is 34.6 Å². The first kappa shape index (κ1) is 56.8. The molecule has 20 nitrogen and oxygen atoms in total. The second kappa shape index (κ2) is 24.0. The zero-order valence-electron chi connectivity index (χ0n) is 44.5. The Labute approximate surface area is 441 Å². The molecule has 3 aliphatic rings. The molecule has 0 saturated carbocycles. The molecule has 7 rings (SSSR count). The Morgan fingerprint density at radius 3 is 2.55 bits per heavy atom. The van der Waals surface area contributed by atoms with Crippen LogP contribution in [0.15, 0.2) is 46.3 Å². The maximum atomic E-state index is 15.4. The van der Waals surface area contributed by atoms with Crippen molar-refractivity contribution < 1.29 is 47.7 Å². The molecule has 408 valence electrons. The summed E-state index contributed by atoms with van der Waals surface area (Å²) >= 11 is 0. The molecule has 0 bridgehead atoms. The number of amides is 3. The molecule has 21 heteroatoms. The topological polar surface area (TPSA) is 291 Å². The second-order valence-electron chi connectivity index (χ2n) is 21.4. The summed E-state index contributed by atoms with van der Waals surface area (Å²) in [5.74, 6) is -2.32. The van der Waals surface area contributed by atoms with Crippen LogP contribution in [0.4, 0.5) is 14.9 Å². The number of nitrogens with zero attached hydrogens (tertiary/aromatic N) is 5. The van der Waals surface area contributed by atoms with Crippen LogP contribution >= 0.6 is 0 Å². The molecule has 2 aliphatic heterocycles. The minimum Gasteiger partial charge on any atom is -0.458 e. The summed E-state index contributed by atoms with van der Waals surface area (Å²) in [4.78, 5) is 88.2. The van der Waals surface area contributed by atoms with E-state index in [-0.39, 0.29) is 74.4 Å². The number of aryl methyl sites for hydroxylation is 1. The van der Waals surface area contributed by atoms with Gasteiger partial charge >= 0.3 is 12.1 Å². The van der Waals surface area contributed by atoms with Crippen LogP contribution in [0.2, 0.25) is 0 Å². The standard InChI is InChI=1S/C55H71FN10O10/c1-8-55(73)39-23-43-48-37(25-66(43)50(70)38(39)28-75-51(55)71)46-41(17-16-36-33(5)40(56)24-42(60-48)45(36)46)61-52(72)76-27-34-12-14-35(15-13-34)59-29-54(30-67,19-9-10-21-57)63-49(69)47(31(2)3)62-44(68)18-11-32(4)26-74-22-20-53(6,7)64-65-58/h12-15,23-24,30-32,41,47,59,73H,8-11,16-22,25-29,57H2,1-7H3,(H,61,72)(H,62,68)(H,63,69)/t32?,41-,47-,54+,55-/m0/s1. The molecule has 1 aliphatic carbocycles. The lowest BCUT2D eigenvalue weighted by molar-refractivity contribution is -0.172. The number of nitrogens with one attached hydrogen (secondary N) is 4. The van der Waals surface area contributed by atoms with E-state index in [1.54, 1.807) is 44.2 Å². The number of halogens is 1. The molecule has 3 amide bonds. The van der Waals surface area contributed by atoms with E-state index < -0.39 is 58.1 Å². The van der Waals surface area contributed by atoms with Gasteiger partial charge in [-0.15, -0.1) is 0 Å². The Balaban J connectivity index is 0.982. The summed E-state index contributed by atoms with van der Waals surface area (Å²) in [7, 11) is 0. The number of aliphatic hydroxyl groups is 1. The predicted octanol–water partition coefficient (Wildman–Crippen LogP) is 7.09. The predicted molar refractivity (Wildman–Crippen MR) is 282 cm³/mol. The van der Waals surface area contributed by atoms with Crippen LogP contribution in [0.25, 0.3) is 32.7 Å². The lowest BCUT2D eigenvalue weighted by atomic mass is 9.81. The summed E-state index contributed by atoms with van der Waals surface area (Å²) < 4.78 is 33.7. The van der Waals surface area contributed by atoms with Crippen molar-refractivity contribution in [3.63, 3.8) is 0 Å². The number of aromatic nitrogens is 2. The number of pyridine rings is 2. The Hall–Kier alpha value is -6.93. The molecular weight excluding hydrogens is 980 g/mol. The molecule has 76 heavy (non-hydrogen) atoms. The van der Waals surface area contributed by atoms with Gasteiger partial charge in [0.1, 0.15) is 36.9 Å². The molecule has 1 unspecified atom stereocenters. The quantitative estimate of drug-likeness (QED) is 0.00851. The molecule has 4 aromatic rings. The summed E-state index contributed by atoms with van der Waals surface area (Å²) in [6, 6.07) is 8.47. The first-order valence-electron chi connectivity index (χ1n) is 26.2. The SMILES string of the molecule is CC[C@@]1(O)C(=O)OCc2c1cc1n(c2=O)Cc2c-1nc1cc(F)c(C)c3c1c2[C@@H](NC(=O)OCc1ccc(NC[C@@](C=O)(CCCCN)NC(=O)[C@@H](NC(=O)CCC(C)COCCC(C)(C)N=[N+]=[N-])C(C)C)cc1)CC3. The average molecular weight is 1050 g/mol. The third-order valence-electron chi connectivity index (χ3n) is 15.0. The Morgan fingerprint density at radius 1 is 1.12 bits per heavy atom. The van der Waals surface area contributed by atoms with Crippen molar-refractivity contribution in [1.29, 1.82) is 0 Å². The smallest absolute Gasteiger partial charge is 0.407 e. The maximum Gasteiger partial charge on any atom is 0.407 e. The fourth-order valence-corrected chi connectivity index (χ4v) is 10.3. The summed E-state index contributed by atoms with van der Waals surface area (Å²) in [6.45, 7) is 13.5. The molecular formula is C55H71FN10O10. The molecule has 0 saturated heterocycles. The van der Waals surface area contributed by atoms with Gasteiger partial charge in [0.05, 0.1) is 35.1 Å². The van der Waals surface area contributed by atoms with Crippen LogP contribution in [-0.2, 0) is 65.2 Å². The zero-order chi connectivity index (χ0) is 55.1. The van der Waals surface area contributed by atoms with E-state index in [0.29, 0.717) is 109 Å². The fraction of sp³-hybridized carbons (Fsp3) is 0.545. The molecule has 7 N–H and O–H groups in total. The Bertz CT molecular complexity index is 2980. The minimum absolute atomic E-state index is 0.0275. The normalized spacial score (nSPS) is 18.0. The first-order valence-corrected chi connectivity index (χ1v) is 26.2. The molecule has 0 fully saturated rings. The highest BCUT2D eigenvalue weighted by Gasteiger charge is 2.46. The van der Waals surface area contributed by atoms with Crippen molar-refractivity contribution in [1.82, 2.24) is 25.5 Å². The monoisotopic (exact) mass is 1050 g/mol. The lowest BCUT2D eigenvalue weighted by Crippen LogP contribution is -2.60. The van der Waals surface area contributed by atoms with E-state index in [2.05, 4.69) is 31.3 Å². The molecule has 0 radical (unpaired) electrons. The molecule has 5 atom stereocenters. The van der Waals surface area contributed by atoms with Gasteiger partial charge < -0.3 is 55.7 Å². The number of rotatable bonds is 25. The van der Waals surface area contributed by atoms with Gasteiger partial charge in [-0.05, 0) is 123 Å². The van der Waals surface area contributed by atoms with E-state index >= 15 is 4.39 Å². The van der Waals surface area contributed by atoms with Crippen molar-refractivity contribution in [3.05, 3.63) is 102 Å². The summed E-state index contributed by atoms with van der Waals surface area (Å²) in [5.41, 5.74) is 15.4. The van der Waals surface area contributed by atoms with E-state index in [0.717, 1.165) is 11.8 Å². The number of fused-ring (bicyclic) bond motifs is 5. The van der Waals surface area contributed by atoms with Crippen LogP contribution < -0.4 is 32.6 Å². The number of anilines is 1. The maximum absolute atomic E-state index is 15.4. The lowest BCUT2D eigenvalue weighted by Gasteiger charge is -2.33. The first-order chi connectivity index (χ1) is 36.2. The zero-order valence-corrected chi connectivity index (χ0v) is 44.5. The third-order valence-corrected chi connectivity index (χ3v) is 15.0. The molecule has 2 aromatic carbocycles. The van der Waals surface area contributed by atoms with Gasteiger partial charge in [-0.25, -0.2) is 19.0 Å². The number of carbonyl (C=O) groups excluding carboxylic acids is 5. The minimum atomic E-state index is -2.03. The van der Waals surface area contributed by atoms with Gasteiger partial charge in [0.2, 0.25) is 11.8 Å². The number of cyclic esters (lactones) is 1. The van der Waals surface area contributed by atoms with Gasteiger partial charge in [-0.3, -0.25) is 14.4 Å². The Kier molecular flexibility index (Phi) is 17.9. The van der Waals surface area contributed by atoms with Crippen molar-refractivity contribution in [3.8, 4) is 11.4 Å². The highest BCUT2D eigenvalue weighted by atomic mass is 19.1. The number of hydrogen-bond donors (Lipinski definition) is 6. The summed E-state index contributed by atoms with van der Waals surface area (Å²) in [6.07, 6.45) is 3.52. The number of azide groups is 1. The van der Waals surface area contributed by atoms with Gasteiger partial charge in [-0.2, -0.15) is 0 Å². The number of carbonyl (C=O) groups is 5. The van der Waals surface area contributed by atoms with Gasteiger partial charge in [0.25, 0.3) is 5.56 Å². The molecule has 0 spiro atoms. The van der Waals surface area contributed by atoms with Crippen molar-refractivity contribution >= 4 is 46.8 Å². The Morgan fingerprint density at radius 2 is 1.87 bits per heavy atom.